The lowest BCUT2D eigenvalue weighted by atomic mass is 9.82. The van der Waals surface area contributed by atoms with Crippen LogP contribution >= 0.6 is 11.3 Å². The summed E-state index contributed by atoms with van der Waals surface area (Å²) in [7, 11) is 0. The summed E-state index contributed by atoms with van der Waals surface area (Å²) in [5.41, 5.74) is 2.67. The number of hydrogen-bond donors (Lipinski definition) is 3. The molecule has 1 aliphatic heterocycles. The summed E-state index contributed by atoms with van der Waals surface area (Å²) >= 11 is 1.60. The molecule has 1 aromatic carbocycles. The second-order valence-corrected chi connectivity index (χ2v) is 8.47. The van der Waals surface area contributed by atoms with E-state index >= 15 is 0 Å². The van der Waals surface area contributed by atoms with Crippen LogP contribution < -0.4 is 16.1 Å². The highest BCUT2D eigenvalue weighted by atomic mass is 32.1. The topological polar surface area (TPSA) is 90.5 Å². The molecule has 1 spiro atoms. The number of amides is 4. The molecular weight excluding hydrogens is 388 g/mol. The monoisotopic (exact) mass is 412 g/mol. The quantitative estimate of drug-likeness (QED) is 0.637. The smallest absolute Gasteiger partial charge is 0.322 e. The van der Waals surface area contributed by atoms with Gasteiger partial charge in [0.2, 0.25) is 0 Å². The highest BCUT2D eigenvalue weighted by molar-refractivity contribution is 7.10. The molecule has 7 nitrogen and oxygen atoms in total. The van der Waals surface area contributed by atoms with Crippen molar-refractivity contribution in [2.24, 2.45) is 0 Å². The zero-order valence-corrected chi connectivity index (χ0v) is 16.8. The Kier molecular flexibility index (Phi) is 5.64. The molecule has 3 N–H and O–H groups in total. The van der Waals surface area contributed by atoms with Gasteiger partial charge in [0.15, 0.2) is 0 Å². The Bertz CT molecular complexity index is 879. The zero-order valence-electron chi connectivity index (χ0n) is 16.0. The van der Waals surface area contributed by atoms with Crippen LogP contribution in [0.4, 0.5) is 4.79 Å². The molecular formula is C21H24N4O3S. The van der Waals surface area contributed by atoms with Gasteiger partial charge >= 0.3 is 6.03 Å². The number of imide groups is 1. The maximum atomic E-state index is 12.8. The van der Waals surface area contributed by atoms with E-state index < -0.39 is 17.5 Å². The lowest BCUT2D eigenvalue weighted by molar-refractivity contribution is -0.139. The van der Waals surface area contributed by atoms with Crippen molar-refractivity contribution in [1.29, 1.82) is 0 Å². The fourth-order valence-corrected chi connectivity index (χ4v) is 4.89. The standard InChI is InChI=1S/C21H24N4O3S/c26-17(24-25-19(27)21(23-20(25)28)11-5-2-6-12-21)14-22-18(16-10-7-13-29-16)15-8-3-1-4-9-15/h1,3-4,7-10,13,18,22H,2,5-6,11-12,14H2,(H,23,28)(H,24,26)/t18-/m1/s1. The number of benzene rings is 1. The first kappa shape index (κ1) is 19.6. The Morgan fingerprint density at radius 2 is 1.86 bits per heavy atom. The number of carbonyl (C=O) groups is 3. The van der Waals surface area contributed by atoms with Crippen LogP contribution in [0.2, 0.25) is 0 Å². The highest BCUT2D eigenvalue weighted by Gasteiger charge is 2.52. The van der Waals surface area contributed by atoms with Crippen molar-refractivity contribution in [1.82, 2.24) is 21.1 Å². The van der Waals surface area contributed by atoms with Crippen LogP contribution in [0.25, 0.3) is 0 Å². The third-order valence-corrected chi connectivity index (χ3v) is 6.47. The number of hydrogen-bond acceptors (Lipinski definition) is 5. The van der Waals surface area contributed by atoms with E-state index in [0.29, 0.717) is 12.8 Å². The number of carbonyl (C=O) groups excluding carboxylic acids is 3. The van der Waals surface area contributed by atoms with Crippen molar-refractivity contribution in [2.75, 3.05) is 6.54 Å². The molecule has 1 aromatic heterocycles. The molecule has 1 saturated heterocycles. The van der Waals surface area contributed by atoms with Crippen molar-refractivity contribution in [3.8, 4) is 0 Å². The fraction of sp³-hybridized carbons (Fsp3) is 0.381. The number of rotatable bonds is 6. The van der Waals surface area contributed by atoms with Gasteiger partial charge < -0.3 is 5.32 Å². The van der Waals surface area contributed by atoms with E-state index in [1.165, 1.54) is 0 Å². The third-order valence-electron chi connectivity index (χ3n) is 5.53. The van der Waals surface area contributed by atoms with E-state index in [1.54, 1.807) is 11.3 Å². The summed E-state index contributed by atoms with van der Waals surface area (Å²) in [5.74, 6) is -0.785. The van der Waals surface area contributed by atoms with Crippen LogP contribution in [-0.4, -0.2) is 34.9 Å². The van der Waals surface area contributed by atoms with E-state index in [9.17, 15) is 14.4 Å². The van der Waals surface area contributed by atoms with E-state index in [-0.39, 0.29) is 18.5 Å². The molecule has 0 unspecified atom stereocenters. The Labute approximate surface area is 173 Å². The molecule has 0 radical (unpaired) electrons. The lowest BCUT2D eigenvalue weighted by Crippen LogP contribution is -2.52. The molecule has 4 amide bonds. The van der Waals surface area contributed by atoms with Gasteiger partial charge in [0.05, 0.1) is 12.6 Å². The molecule has 152 valence electrons. The maximum Gasteiger partial charge on any atom is 0.344 e. The van der Waals surface area contributed by atoms with Crippen LogP contribution in [-0.2, 0) is 9.59 Å². The fourth-order valence-electron chi connectivity index (χ4n) is 4.06. The van der Waals surface area contributed by atoms with E-state index in [4.69, 9.17) is 0 Å². The summed E-state index contributed by atoms with van der Waals surface area (Å²) in [6.07, 6.45) is 4.10. The molecule has 2 heterocycles. The first-order valence-electron chi connectivity index (χ1n) is 9.87. The Morgan fingerprint density at radius 1 is 1.10 bits per heavy atom. The normalized spacial score (nSPS) is 19.2. The molecule has 8 heteroatoms. The molecule has 4 rings (SSSR count). The molecule has 1 atom stereocenters. The minimum atomic E-state index is -0.848. The molecule has 1 aliphatic carbocycles. The van der Waals surface area contributed by atoms with Gasteiger partial charge in [0, 0.05) is 4.88 Å². The van der Waals surface area contributed by atoms with E-state index in [0.717, 1.165) is 34.7 Å². The van der Waals surface area contributed by atoms with Gasteiger partial charge in [-0.2, -0.15) is 5.01 Å². The summed E-state index contributed by atoms with van der Waals surface area (Å²) in [5, 5.41) is 8.87. The minimum Gasteiger partial charge on any atom is -0.322 e. The van der Waals surface area contributed by atoms with E-state index in [2.05, 4.69) is 16.1 Å². The van der Waals surface area contributed by atoms with Gasteiger partial charge in [-0.15, -0.1) is 11.3 Å². The Balaban J connectivity index is 1.40. The number of thiophene rings is 1. The van der Waals surface area contributed by atoms with Crippen LogP contribution in [0.1, 0.15) is 48.6 Å². The molecule has 0 bridgehead atoms. The molecule has 2 fully saturated rings. The van der Waals surface area contributed by atoms with Gasteiger partial charge in [0.25, 0.3) is 11.8 Å². The van der Waals surface area contributed by atoms with Gasteiger partial charge in [-0.3, -0.25) is 20.3 Å². The van der Waals surface area contributed by atoms with E-state index in [1.807, 2.05) is 47.8 Å². The summed E-state index contributed by atoms with van der Waals surface area (Å²) in [6, 6.07) is 13.1. The SMILES string of the molecule is O=C(CN[C@H](c1ccccc1)c1cccs1)NN1C(=O)NC2(CCCCC2)C1=O. The van der Waals surface area contributed by atoms with Crippen molar-refractivity contribution in [3.05, 3.63) is 58.3 Å². The third kappa shape index (κ3) is 4.04. The minimum absolute atomic E-state index is 0.0263. The lowest BCUT2D eigenvalue weighted by Gasteiger charge is -2.30. The van der Waals surface area contributed by atoms with Crippen LogP contribution in [0.15, 0.2) is 47.8 Å². The van der Waals surface area contributed by atoms with Crippen LogP contribution in [0, 0.1) is 0 Å². The second-order valence-electron chi connectivity index (χ2n) is 7.49. The first-order chi connectivity index (χ1) is 14.1. The Morgan fingerprint density at radius 3 is 2.55 bits per heavy atom. The highest BCUT2D eigenvalue weighted by Crippen LogP contribution is 2.33. The van der Waals surface area contributed by atoms with Gasteiger partial charge in [0.1, 0.15) is 5.54 Å². The van der Waals surface area contributed by atoms with Crippen molar-refractivity contribution < 1.29 is 14.4 Å². The summed E-state index contributed by atoms with van der Waals surface area (Å²) in [4.78, 5) is 38.7. The molecule has 2 aromatic rings. The van der Waals surface area contributed by atoms with Crippen molar-refractivity contribution >= 4 is 29.2 Å². The van der Waals surface area contributed by atoms with Gasteiger partial charge in [-0.1, -0.05) is 55.7 Å². The predicted octanol–water partition coefficient (Wildman–Crippen LogP) is 2.71. The van der Waals surface area contributed by atoms with Crippen molar-refractivity contribution in [3.63, 3.8) is 0 Å². The number of hydrazine groups is 1. The average molecular weight is 413 g/mol. The van der Waals surface area contributed by atoms with Crippen molar-refractivity contribution in [2.45, 2.75) is 43.7 Å². The average Bonchev–Trinajstić information content (AvgIpc) is 3.34. The van der Waals surface area contributed by atoms with Crippen LogP contribution in [0.5, 0.6) is 0 Å². The Hall–Kier alpha value is -2.71. The number of nitrogens with one attached hydrogen (secondary N) is 3. The van der Waals surface area contributed by atoms with Crippen LogP contribution in [0.3, 0.4) is 0 Å². The number of urea groups is 1. The predicted molar refractivity (Wildman–Crippen MR) is 110 cm³/mol. The molecule has 2 aliphatic rings. The zero-order chi connectivity index (χ0) is 20.3. The largest absolute Gasteiger partial charge is 0.344 e. The summed E-state index contributed by atoms with van der Waals surface area (Å²) < 4.78 is 0. The summed E-state index contributed by atoms with van der Waals surface area (Å²) in [6.45, 7) is -0.0263. The molecule has 29 heavy (non-hydrogen) atoms. The van der Waals surface area contributed by atoms with Gasteiger partial charge in [-0.05, 0) is 29.9 Å². The number of nitrogens with zero attached hydrogens (tertiary/aromatic N) is 1. The van der Waals surface area contributed by atoms with Gasteiger partial charge in [-0.25, -0.2) is 4.79 Å². The molecule has 1 saturated carbocycles. The second kappa shape index (κ2) is 8.34. The first-order valence-corrected chi connectivity index (χ1v) is 10.7. The maximum absolute atomic E-state index is 12.8.